The summed E-state index contributed by atoms with van der Waals surface area (Å²) in [4.78, 5) is 11.6. The molecule has 0 spiro atoms. The molecule has 174 valence electrons. The molecule has 3 aliphatic heterocycles. The van der Waals surface area contributed by atoms with Crippen molar-refractivity contribution in [3.05, 3.63) is 52.6 Å². The van der Waals surface area contributed by atoms with Gasteiger partial charge in [-0.05, 0) is 72.0 Å². The van der Waals surface area contributed by atoms with Crippen LogP contribution < -0.4 is 10.2 Å². The number of hydrogen-bond acceptors (Lipinski definition) is 5. The monoisotopic (exact) mass is 475 g/mol. The van der Waals surface area contributed by atoms with Crippen molar-refractivity contribution in [2.45, 2.75) is 37.2 Å². The van der Waals surface area contributed by atoms with Gasteiger partial charge in [0.2, 0.25) is 0 Å². The molecule has 2 atom stereocenters. The Balaban J connectivity index is 0.000000325. The number of thioether (sulfide) groups is 1. The number of carbonyl (C=O) groups is 1. The first-order valence-electron chi connectivity index (χ1n) is 10.7. The van der Waals surface area contributed by atoms with Crippen LogP contribution in [0.2, 0.25) is 0 Å². The lowest BCUT2D eigenvalue weighted by Gasteiger charge is -2.33. The summed E-state index contributed by atoms with van der Waals surface area (Å²) < 4.78 is 31.7. The fourth-order valence-corrected chi connectivity index (χ4v) is 5.91. The first-order valence-corrected chi connectivity index (χ1v) is 11.9. The van der Waals surface area contributed by atoms with Gasteiger partial charge < -0.3 is 15.3 Å². The molecule has 33 heavy (non-hydrogen) atoms. The van der Waals surface area contributed by atoms with Crippen LogP contribution in [0.5, 0.6) is 0 Å². The number of hydrogen-bond donors (Lipinski definition) is 2. The Morgan fingerprint density at radius 3 is 2.73 bits per heavy atom. The topological polar surface area (TPSA) is 76.4 Å². The fraction of sp³-hybridized carbons (Fsp3) is 0.417. The minimum atomic E-state index is -5.08. The van der Waals surface area contributed by atoms with Gasteiger partial charge in [0.05, 0.1) is 11.6 Å². The van der Waals surface area contributed by atoms with Crippen LogP contribution in [0.25, 0.3) is 11.1 Å². The molecule has 0 radical (unpaired) electrons. The van der Waals surface area contributed by atoms with E-state index >= 15 is 0 Å². The summed E-state index contributed by atoms with van der Waals surface area (Å²) in [6, 6.07) is 13.8. The highest BCUT2D eigenvalue weighted by atomic mass is 32.2. The standard InChI is InChI=1S/C22H23N3S.C2HF3O2/c1-14-8-15(11-23)2-3-18(14)16-9-17-13-26-7-6-25-21-4-5-24-12-20(21)19(10-16)22(17)25;3-2(4,5)1(6)7/h2-3,8-10,20-21,24H,4-7,12-13H2,1H3;(H,6,7)/t20-,21-;/m0./s1. The summed E-state index contributed by atoms with van der Waals surface area (Å²) in [6.07, 6.45) is -3.84. The molecule has 1 saturated heterocycles. The summed E-state index contributed by atoms with van der Waals surface area (Å²) in [5.74, 6) is 0.178. The summed E-state index contributed by atoms with van der Waals surface area (Å²) in [5.41, 5.74) is 9.07. The number of benzene rings is 2. The Morgan fingerprint density at radius 2 is 2.06 bits per heavy atom. The maximum Gasteiger partial charge on any atom is 0.490 e. The molecular weight excluding hydrogens is 451 g/mol. The van der Waals surface area contributed by atoms with E-state index in [0.29, 0.717) is 12.0 Å². The smallest absolute Gasteiger partial charge is 0.475 e. The van der Waals surface area contributed by atoms with E-state index in [9.17, 15) is 13.2 Å². The molecule has 0 saturated carbocycles. The molecule has 0 aliphatic carbocycles. The van der Waals surface area contributed by atoms with Gasteiger partial charge in [-0.2, -0.15) is 30.2 Å². The van der Waals surface area contributed by atoms with Gasteiger partial charge in [-0.15, -0.1) is 0 Å². The lowest BCUT2D eigenvalue weighted by molar-refractivity contribution is -0.192. The average Bonchev–Trinajstić information content (AvgIpc) is 2.94. The molecule has 2 N–H and O–H groups in total. The predicted octanol–water partition coefficient (Wildman–Crippen LogP) is 4.68. The molecular formula is C24H24F3N3O2S. The van der Waals surface area contributed by atoms with E-state index in [1.54, 1.807) is 5.56 Å². The van der Waals surface area contributed by atoms with Crippen molar-refractivity contribution in [1.82, 2.24) is 5.32 Å². The van der Waals surface area contributed by atoms with E-state index in [4.69, 9.17) is 15.2 Å². The molecule has 3 aliphatic rings. The average molecular weight is 476 g/mol. The van der Waals surface area contributed by atoms with Crippen molar-refractivity contribution in [2.75, 3.05) is 30.3 Å². The Labute approximate surface area is 194 Å². The van der Waals surface area contributed by atoms with Gasteiger partial charge in [-0.25, -0.2) is 4.79 Å². The minimum Gasteiger partial charge on any atom is -0.475 e. The van der Waals surface area contributed by atoms with Gasteiger partial charge in [-0.1, -0.05) is 6.07 Å². The summed E-state index contributed by atoms with van der Waals surface area (Å²) >= 11 is 2.06. The van der Waals surface area contributed by atoms with Gasteiger partial charge in [0.25, 0.3) is 0 Å². The maximum absolute atomic E-state index is 10.6. The van der Waals surface area contributed by atoms with E-state index in [1.165, 1.54) is 46.7 Å². The summed E-state index contributed by atoms with van der Waals surface area (Å²) in [7, 11) is 0. The second-order valence-electron chi connectivity index (χ2n) is 8.43. The number of fused-ring (bicyclic) bond motifs is 3. The van der Waals surface area contributed by atoms with Gasteiger partial charge in [0, 0.05) is 42.2 Å². The third kappa shape index (κ3) is 4.68. The molecule has 1 fully saturated rings. The number of carboxylic acids is 1. The predicted molar refractivity (Wildman–Crippen MR) is 123 cm³/mol. The number of aryl methyl sites for hydroxylation is 1. The third-order valence-corrected chi connectivity index (χ3v) is 7.38. The van der Waals surface area contributed by atoms with E-state index in [1.807, 2.05) is 12.1 Å². The van der Waals surface area contributed by atoms with Crippen molar-refractivity contribution in [3.8, 4) is 17.2 Å². The number of halogens is 3. The number of nitriles is 1. The SMILES string of the molecule is Cc1cc(C#N)ccc1-c1cc2c3c(c1)[C@@H]1CNCC[C@@H]1N3CCSC2.O=C(O)C(F)(F)F. The Kier molecular flexibility index (Phi) is 6.59. The number of nitrogens with zero attached hydrogens (tertiary/aromatic N) is 2. The van der Waals surface area contributed by atoms with Crippen molar-refractivity contribution in [1.29, 1.82) is 5.26 Å². The van der Waals surface area contributed by atoms with E-state index in [2.05, 4.69) is 53.2 Å². The molecule has 0 unspecified atom stereocenters. The lowest BCUT2D eigenvalue weighted by atomic mass is 9.87. The van der Waals surface area contributed by atoms with Crippen molar-refractivity contribution in [2.24, 2.45) is 0 Å². The second kappa shape index (κ2) is 9.27. The first kappa shape index (κ1) is 23.5. The lowest BCUT2D eigenvalue weighted by Crippen LogP contribution is -2.44. The number of rotatable bonds is 1. The van der Waals surface area contributed by atoms with Crippen LogP contribution in [0.15, 0.2) is 30.3 Å². The molecule has 5 nitrogen and oxygen atoms in total. The Hall–Kier alpha value is -2.70. The largest absolute Gasteiger partial charge is 0.490 e. The van der Waals surface area contributed by atoms with Gasteiger partial charge in [-0.3, -0.25) is 0 Å². The van der Waals surface area contributed by atoms with Gasteiger partial charge in [0.15, 0.2) is 0 Å². The number of aliphatic carboxylic acids is 1. The normalized spacial score (nSPS) is 21.1. The van der Waals surface area contributed by atoms with Crippen LogP contribution in [0.4, 0.5) is 18.9 Å². The highest BCUT2D eigenvalue weighted by Gasteiger charge is 2.42. The highest BCUT2D eigenvalue weighted by Crippen LogP contribution is 2.49. The zero-order valence-corrected chi connectivity index (χ0v) is 18.9. The van der Waals surface area contributed by atoms with E-state index in [0.717, 1.165) is 24.4 Å². The number of piperidine rings is 1. The summed E-state index contributed by atoms with van der Waals surface area (Å²) in [5, 5.41) is 19.9. The zero-order chi connectivity index (χ0) is 23.8. The van der Waals surface area contributed by atoms with E-state index in [-0.39, 0.29) is 0 Å². The molecule has 0 amide bonds. The van der Waals surface area contributed by atoms with Gasteiger partial charge in [0.1, 0.15) is 0 Å². The highest BCUT2D eigenvalue weighted by molar-refractivity contribution is 7.98. The van der Waals surface area contributed by atoms with Crippen LogP contribution >= 0.6 is 11.8 Å². The molecule has 0 bridgehead atoms. The van der Waals surface area contributed by atoms with Gasteiger partial charge >= 0.3 is 12.1 Å². The van der Waals surface area contributed by atoms with E-state index < -0.39 is 12.1 Å². The zero-order valence-electron chi connectivity index (χ0n) is 18.1. The van der Waals surface area contributed by atoms with Crippen LogP contribution in [-0.2, 0) is 10.5 Å². The number of nitrogens with one attached hydrogen (secondary N) is 1. The molecule has 2 aromatic rings. The third-order valence-electron chi connectivity index (χ3n) is 6.39. The molecule has 5 rings (SSSR count). The van der Waals surface area contributed by atoms with Crippen LogP contribution in [0, 0.1) is 18.3 Å². The van der Waals surface area contributed by atoms with Crippen molar-refractivity contribution >= 4 is 23.4 Å². The molecule has 3 heterocycles. The Morgan fingerprint density at radius 1 is 1.30 bits per heavy atom. The molecule has 2 aromatic carbocycles. The Bertz CT molecular complexity index is 1110. The number of carboxylic acid groups (broad SMARTS) is 1. The minimum absolute atomic E-state index is 0.610. The van der Waals surface area contributed by atoms with Crippen LogP contribution in [-0.4, -0.2) is 48.7 Å². The fourth-order valence-electron chi connectivity index (χ4n) is 5.00. The van der Waals surface area contributed by atoms with Crippen LogP contribution in [0.3, 0.4) is 0 Å². The van der Waals surface area contributed by atoms with Crippen molar-refractivity contribution < 1.29 is 23.1 Å². The van der Waals surface area contributed by atoms with Crippen molar-refractivity contribution in [3.63, 3.8) is 0 Å². The molecule has 0 aromatic heterocycles. The molecule has 9 heteroatoms. The van der Waals surface area contributed by atoms with Crippen LogP contribution in [0.1, 0.15) is 34.6 Å². The quantitative estimate of drug-likeness (QED) is 0.624. The number of anilines is 1. The number of alkyl halides is 3. The maximum atomic E-state index is 10.6. The first-order chi connectivity index (χ1) is 15.7. The summed E-state index contributed by atoms with van der Waals surface area (Å²) in [6.45, 7) is 5.53. The second-order valence-corrected chi connectivity index (χ2v) is 9.54.